The van der Waals surface area contributed by atoms with E-state index in [1.54, 1.807) is 5.20 Å². The molecule has 0 N–H and O–H groups in total. The lowest BCUT2D eigenvalue weighted by atomic mass is 9.99. The van der Waals surface area contributed by atoms with Crippen molar-refractivity contribution >= 4 is 34.3 Å². The standard InChI is InChI=1S/C20H26SSi2/c1-22(2,3)17-12-15(14-10-8-7-9-11-14)16-13-18(23(4,5)6)20(21)19(16)17/h7-13,21H,1-6H3. The molecule has 0 saturated heterocycles. The van der Waals surface area contributed by atoms with Crippen molar-refractivity contribution in [2.24, 2.45) is 0 Å². The second-order valence-corrected chi connectivity index (χ2v) is 19.1. The third-order valence-electron chi connectivity index (χ3n) is 4.60. The zero-order valence-electron chi connectivity index (χ0n) is 15.0. The van der Waals surface area contributed by atoms with Crippen molar-refractivity contribution in [3.63, 3.8) is 0 Å². The molecule has 0 amide bonds. The van der Waals surface area contributed by atoms with Gasteiger partial charge in [-0.2, -0.15) is 0 Å². The Kier molecular flexibility index (Phi) is 4.02. The van der Waals surface area contributed by atoms with E-state index in [2.05, 4.69) is 81.8 Å². The van der Waals surface area contributed by atoms with Gasteiger partial charge in [0, 0.05) is 4.91 Å². The molecule has 0 unspecified atom stereocenters. The minimum atomic E-state index is -1.42. The Morgan fingerprint density at radius 3 is 1.74 bits per heavy atom. The highest BCUT2D eigenvalue weighted by atomic mass is 32.1. The van der Waals surface area contributed by atoms with Gasteiger partial charge in [-0.05, 0) is 27.5 Å². The van der Waals surface area contributed by atoms with E-state index in [0.29, 0.717) is 0 Å². The maximum Gasteiger partial charge on any atom is 0.0791 e. The topological polar surface area (TPSA) is 0 Å². The van der Waals surface area contributed by atoms with Crippen LogP contribution in [0.5, 0.6) is 0 Å². The second-order valence-electron chi connectivity index (χ2n) is 8.53. The lowest BCUT2D eigenvalue weighted by molar-refractivity contribution is 1.56. The molecule has 3 rings (SSSR count). The highest BCUT2D eigenvalue weighted by molar-refractivity contribution is 7.85. The summed E-state index contributed by atoms with van der Waals surface area (Å²) >= 11 is 4.99. The number of hydrogen-bond acceptors (Lipinski definition) is 1. The van der Waals surface area contributed by atoms with Crippen LogP contribution < -0.4 is 0 Å². The van der Waals surface area contributed by atoms with Gasteiger partial charge in [0.2, 0.25) is 0 Å². The lowest BCUT2D eigenvalue weighted by Gasteiger charge is -2.21. The summed E-state index contributed by atoms with van der Waals surface area (Å²) < 4.78 is 0. The average Bonchev–Trinajstić information content (AvgIpc) is 2.97. The van der Waals surface area contributed by atoms with Crippen LogP contribution in [-0.4, -0.2) is 16.1 Å². The number of benzene rings is 1. The first kappa shape index (κ1) is 16.8. The molecule has 0 fully saturated rings. The van der Waals surface area contributed by atoms with Gasteiger partial charge in [0.1, 0.15) is 0 Å². The van der Waals surface area contributed by atoms with Gasteiger partial charge in [-0.25, -0.2) is 0 Å². The highest BCUT2D eigenvalue weighted by Crippen LogP contribution is 2.50. The van der Waals surface area contributed by atoms with E-state index in [1.807, 2.05) is 0 Å². The summed E-state index contributed by atoms with van der Waals surface area (Å²) in [6, 6.07) is 10.8. The van der Waals surface area contributed by atoms with Crippen LogP contribution in [0.2, 0.25) is 39.3 Å². The number of fused-ring (bicyclic) bond motifs is 1. The van der Waals surface area contributed by atoms with Gasteiger partial charge >= 0.3 is 0 Å². The average molecular weight is 355 g/mol. The van der Waals surface area contributed by atoms with Crippen molar-refractivity contribution < 1.29 is 0 Å². The first-order chi connectivity index (χ1) is 10.6. The molecule has 0 nitrogen and oxygen atoms in total. The maximum atomic E-state index is 4.99. The van der Waals surface area contributed by atoms with Gasteiger partial charge < -0.3 is 0 Å². The van der Waals surface area contributed by atoms with Crippen LogP contribution in [0.15, 0.2) is 68.9 Å². The van der Waals surface area contributed by atoms with Crippen molar-refractivity contribution in [2.75, 3.05) is 0 Å². The predicted molar refractivity (Wildman–Crippen MR) is 112 cm³/mol. The van der Waals surface area contributed by atoms with Crippen molar-refractivity contribution in [1.82, 2.24) is 0 Å². The fraction of sp³-hybridized carbons (Fsp3) is 0.300. The van der Waals surface area contributed by atoms with E-state index in [4.69, 9.17) is 12.6 Å². The summed E-state index contributed by atoms with van der Waals surface area (Å²) in [6.45, 7) is 14.5. The summed E-state index contributed by atoms with van der Waals surface area (Å²) in [7, 11) is -2.81. The summed E-state index contributed by atoms with van der Waals surface area (Å²) in [4.78, 5) is 1.25. The molecule has 0 aromatic heterocycles. The van der Waals surface area contributed by atoms with Crippen LogP contribution in [0.1, 0.15) is 5.56 Å². The van der Waals surface area contributed by atoms with Crippen LogP contribution in [0.3, 0.4) is 0 Å². The van der Waals surface area contributed by atoms with Gasteiger partial charge in [0.25, 0.3) is 0 Å². The third kappa shape index (κ3) is 2.90. The molecule has 0 heterocycles. The zero-order valence-corrected chi connectivity index (χ0v) is 17.9. The molecule has 120 valence electrons. The fourth-order valence-electron chi connectivity index (χ4n) is 3.35. The molecule has 2 aliphatic rings. The molecule has 1 aromatic carbocycles. The summed E-state index contributed by atoms with van der Waals surface area (Å²) in [5.74, 6) is 0. The molecule has 0 bridgehead atoms. The van der Waals surface area contributed by atoms with Gasteiger partial charge in [-0.1, -0.05) is 87.0 Å². The van der Waals surface area contributed by atoms with E-state index in [9.17, 15) is 0 Å². The minimum Gasteiger partial charge on any atom is -0.143 e. The fourth-order valence-corrected chi connectivity index (χ4v) is 7.76. The third-order valence-corrected chi connectivity index (χ3v) is 9.29. The molecule has 0 saturated carbocycles. The molecular weight excluding hydrogens is 328 g/mol. The van der Waals surface area contributed by atoms with Crippen LogP contribution in [0.25, 0.3) is 5.57 Å². The van der Waals surface area contributed by atoms with Crippen molar-refractivity contribution in [1.29, 1.82) is 0 Å². The Hall–Kier alpha value is -1.04. The molecule has 2 aliphatic carbocycles. The van der Waals surface area contributed by atoms with Gasteiger partial charge in [0.05, 0.1) is 16.1 Å². The van der Waals surface area contributed by atoms with Crippen molar-refractivity contribution in [2.45, 2.75) is 39.3 Å². The van der Waals surface area contributed by atoms with Gasteiger partial charge in [-0.3, -0.25) is 0 Å². The Balaban J connectivity index is 2.22. The molecule has 1 aromatic rings. The maximum absolute atomic E-state index is 4.99. The molecule has 23 heavy (non-hydrogen) atoms. The van der Waals surface area contributed by atoms with E-state index in [-0.39, 0.29) is 0 Å². The minimum absolute atomic E-state index is 1.25. The Bertz CT molecular complexity index is 779. The van der Waals surface area contributed by atoms with Gasteiger partial charge in [-0.15, -0.1) is 12.6 Å². The monoisotopic (exact) mass is 354 g/mol. The smallest absolute Gasteiger partial charge is 0.0791 e. The van der Waals surface area contributed by atoms with Crippen LogP contribution >= 0.6 is 12.6 Å². The Labute approximate surface area is 148 Å². The molecule has 0 atom stereocenters. The Morgan fingerprint density at radius 2 is 1.22 bits per heavy atom. The van der Waals surface area contributed by atoms with Gasteiger partial charge in [0.15, 0.2) is 0 Å². The van der Waals surface area contributed by atoms with E-state index < -0.39 is 16.1 Å². The van der Waals surface area contributed by atoms with Crippen LogP contribution in [0.4, 0.5) is 0 Å². The molecule has 3 heteroatoms. The number of thiol groups is 1. The zero-order chi connectivity index (χ0) is 17.0. The quantitative estimate of drug-likeness (QED) is 0.481. The number of rotatable bonds is 3. The van der Waals surface area contributed by atoms with E-state index in [1.165, 1.54) is 32.4 Å². The van der Waals surface area contributed by atoms with Crippen molar-refractivity contribution in [3.8, 4) is 0 Å². The molecule has 0 spiro atoms. The van der Waals surface area contributed by atoms with Crippen LogP contribution in [-0.2, 0) is 0 Å². The van der Waals surface area contributed by atoms with E-state index >= 15 is 0 Å². The summed E-state index contributed by atoms with van der Waals surface area (Å²) in [5.41, 5.74) is 5.56. The normalized spacial score (nSPS) is 18.4. The highest BCUT2D eigenvalue weighted by Gasteiger charge is 2.37. The first-order valence-electron chi connectivity index (χ1n) is 8.29. The van der Waals surface area contributed by atoms with Crippen molar-refractivity contribution in [3.05, 3.63) is 74.5 Å². The summed E-state index contributed by atoms with van der Waals surface area (Å²) in [6.07, 6.45) is 4.88. The van der Waals surface area contributed by atoms with Crippen LogP contribution in [0, 0.1) is 0 Å². The first-order valence-corrected chi connectivity index (χ1v) is 15.7. The second kappa shape index (κ2) is 5.50. The largest absolute Gasteiger partial charge is 0.143 e. The molecule has 0 radical (unpaired) electrons. The predicted octanol–water partition coefficient (Wildman–Crippen LogP) is 6.26. The Morgan fingerprint density at radius 1 is 0.696 bits per heavy atom. The lowest BCUT2D eigenvalue weighted by Crippen LogP contribution is -2.25. The molecular formula is C20H26SSi2. The van der Waals surface area contributed by atoms with E-state index in [0.717, 1.165) is 0 Å². The summed E-state index contributed by atoms with van der Waals surface area (Å²) in [5, 5.41) is 3.06. The molecule has 0 aliphatic heterocycles. The SMILES string of the molecule is C[Si](C)(C)C1=C(S)C2=C([Si](C)(C)C)C=C(c3ccccc3)C2=C1. The number of allylic oxidation sites excluding steroid dienone is 7. The number of hydrogen-bond donors (Lipinski definition) is 1.